The van der Waals surface area contributed by atoms with Crippen molar-refractivity contribution in [3.63, 3.8) is 0 Å². The molecule has 6 rings (SSSR count). The minimum atomic E-state index is -0.995. The molecule has 9 nitrogen and oxygen atoms in total. The number of hydrogen-bond acceptors (Lipinski definition) is 6. The van der Waals surface area contributed by atoms with Gasteiger partial charge in [0.2, 0.25) is 0 Å². The van der Waals surface area contributed by atoms with Crippen molar-refractivity contribution in [3.8, 4) is 11.3 Å². The molecule has 2 fully saturated rings. The Morgan fingerprint density at radius 1 is 1.27 bits per heavy atom. The van der Waals surface area contributed by atoms with E-state index in [2.05, 4.69) is 31.5 Å². The summed E-state index contributed by atoms with van der Waals surface area (Å²) in [5.41, 5.74) is 3.22. The van der Waals surface area contributed by atoms with Gasteiger partial charge in [-0.1, -0.05) is 0 Å². The lowest BCUT2D eigenvalue weighted by Gasteiger charge is -2.30. The molecular formula is C23H24FN7O2. The van der Waals surface area contributed by atoms with Crippen molar-refractivity contribution >= 4 is 28.4 Å². The van der Waals surface area contributed by atoms with E-state index < -0.39 is 12.2 Å². The zero-order chi connectivity index (χ0) is 22.5. The van der Waals surface area contributed by atoms with Gasteiger partial charge < -0.3 is 19.9 Å². The third-order valence-electron chi connectivity index (χ3n) is 6.64. The van der Waals surface area contributed by atoms with Crippen LogP contribution < -0.4 is 10.6 Å². The fraction of sp³-hybridized carbons (Fsp3) is 0.391. The number of nitrogens with one attached hydrogen (secondary N) is 2. The third-order valence-corrected chi connectivity index (χ3v) is 6.64. The number of fused-ring (bicyclic) bond motifs is 2. The molecule has 10 heteroatoms. The molecule has 4 aromatic heterocycles. The first kappa shape index (κ1) is 20.1. The van der Waals surface area contributed by atoms with Crippen LogP contribution in [0.3, 0.4) is 0 Å². The quantitative estimate of drug-likeness (QED) is 0.486. The SMILES string of the molecule is CNc1cc(-c2cn(C3CCOC3)c3ncccc23)nc2c(C(=O)NC3CCC3F)cnn12. The third kappa shape index (κ3) is 3.24. The number of amides is 1. The van der Waals surface area contributed by atoms with E-state index in [4.69, 9.17) is 9.72 Å². The standard InChI is InChI=1S/C23H24FN7O2/c1-25-20-9-19(16-11-30(13-6-8-33-12-13)21-14(16)3-2-7-26-21)28-22-15(10-27-31(20)22)23(32)29-18-5-4-17(18)24/h2-3,7,9-11,13,17-18,25H,4-6,8,12H2,1H3,(H,29,32). The fourth-order valence-corrected chi connectivity index (χ4v) is 4.61. The lowest BCUT2D eigenvalue weighted by Crippen LogP contribution is -2.48. The molecule has 0 bridgehead atoms. The maximum absolute atomic E-state index is 13.7. The summed E-state index contributed by atoms with van der Waals surface area (Å²) < 4.78 is 23.0. The summed E-state index contributed by atoms with van der Waals surface area (Å²) in [7, 11) is 1.79. The van der Waals surface area contributed by atoms with Crippen LogP contribution in [0.25, 0.3) is 27.9 Å². The normalized spacial score (nSPS) is 22.5. The number of carbonyl (C=O) groups excluding carboxylic acids is 1. The average molecular weight is 449 g/mol. The topological polar surface area (TPSA) is 98.4 Å². The summed E-state index contributed by atoms with van der Waals surface area (Å²) in [4.78, 5) is 22.3. The van der Waals surface area contributed by atoms with E-state index in [0.717, 1.165) is 29.6 Å². The molecule has 2 aliphatic rings. The Kier molecular flexibility index (Phi) is 4.75. The zero-order valence-corrected chi connectivity index (χ0v) is 18.2. The van der Waals surface area contributed by atoms with Crippen LogP contribution >= 0.6 is 0 Å². The van der Waals surface area contributed by atoms with Gasteiger partial charge in [0.05, 0.1) is 30.6 Å². The summed E-state index contributed by atoms with van der Waals surface area (Å²) in [5, 5.41) is 11.2. The Hall–Kier alpha value is -3.53. The van der Waals surface area contributed by atoms with Gasteiger partial charge in [-0.15, -0.1) is 0 Å². The van der Waals surface area contributed by atoms with Gasteiger partial charge in [0, 0.05) is 43.1 Å². The maximum Gasteiger partial charge on any atom is 0.257 e. The molecule has 170 valence electrons. The summed E-state index contributed by atoms with van der Waals surface area (Å²) in [6.45, 7) is 1.38. The molecule has 33 heavy (non-hydrogen) atoms. The lowest BCUT2D eigenvalue weighted by atomic mass is 9.90. The van der Waals surface area contributed by atoms with E-state index >= 15 is 0 Å². The smallest absolute Gasteiger partial charge is 0.257 e. The van der Waals surface area contributed by atoms with E-state index in [9.17, 15) is 9.18 Å². The fourth-order valence-electron chi connectivity index (χ4n) is 4.61. The van der Waals surface area contributed by atoms with Gasteiger partial charge in [-0.3, -0.25) is 4.79 Å². The number of hydrogen-bond donors (Lipinski definition) is 2. The first-order chi connectivity index (χ1) is 16.1. The first-order valence-corrected chi connectivity index (χ1v) is 11.2. The molecule has 1 amide bonds. The Balaban J connectivity index is 1.48. The summed E-state index contributed by atoms with van der Waals surface area (Å²) in [6, 6.07) is 5.61. The van der Waals surface area contributed by atoms with Crippen LogP contribution in [0.2, 0.25) is 0 Å². The highest BCUT2D eigenvalue weighted by Crippen LogP contribution is 2.34. The number of rotatable bonds is 5. The highest BCUT2D eigenvalue weighted by Gasteiger charge is 2.33. The highest BCUT2D eigenvalue weighted by molar-refractivity contribution is 6.01. The van der Waals surface area contributed by atoms with Gasteiger partial charge in [-0.2, -0.15) is 9.61 Å². The van der Waals surface area contributed by atoms with E-state index in [0.29, 0.717) is 42.2 Å². The van der Waals surface area contributed by atoms with Crippen molar-refractivity contribution in [1.82, 2.24) is 29.5 Å². The van der Waals surface area contributed by atoms with E-state index in [1.54, 1.807) is 17.8 Å². The Morgan fingerprint density at radius 3 is 2.91 bits per heavy atom. The van der Waals surface area contributed by atoms with Crippen LogP contribution in [-0.2, 0) is 4.74 Å². The predicted octanol–water partition coefficient (Wildman–Crippen LogP) is 2.98. The van der Waals surface area contributed by atoms with E-state index in [1.165, 1.54) is 6.20 Å². The molecule has 0 spiro atoms. The van der Waals surface area contributed by atoms with Gasteiger partial charge in [-0.25, -0.2) is 14.4 Å². The van der Waals surface area contributed by atoms with Gasteiger partial charge in [0.15, 0.2) is 5.65 Å². The molecule has 0 aromatic carbocycles. The predicted molar refractivity (Wildman–Crippen MR) is 121 cm³/mol. The minimum absolute atomic E-state index is 0.219. The second-order valence-electron chi connectivity index (χ2n) is 8.59. The molecule has 3 unspecified atom stereocenters. The molecular weight excluding hydrogens is 425 g/mol. The number of alkyl halides is 1. The highest BCUT2D eigenvalue weighted by atomic mass is 19.1. The Bertz CT molecular complexity index is 1360. The van der Waals surface area contributed by atoms with Crippen molar-refractivity contribution in [2.75, 3.05) is 25.6 Å². The summed E-state index contributed by atoms with van der Waals surface area (Å²) in [6.07, 6.45) is 6.39. The van der Waals surface area contributed by atoms with Crippen molar-refractivity contribution < 1.29 is 13.9 Å². The zero-order valence-electron chi connectivity index (χ0n) is 18.2. The molecule has 0 radical (unpaired) electrons. The second-order valence-corrected chi connectivity index (χ2v) is 8.59. The summed E-state index contributed by atoms with van der Waals surface area (Å²) in [5.74, 6) is 0.325. The molecule has 4 aromatic rings. The number of pyridine rings is 1. The largest absolute Gasteiger partial charge is 0.379 e. The minimum Gasteiger partial charge on any atom is -0.379 e. The maximum atomic E-state index is 13.7. The van der Waals surface area contributed by atoms with Gasteiger partial charge in [-0.05, 0) is 31.4 Å². The number of carbonyl (C=O) groups is 1. The van der Waals surface area contributed by atoms with Crippen molar-refractivity contribution in [1.29, 1.82) is 0 Å². The monoisotopic (exact) mass is 449 g/mol. The van der Waals surface area contributed by atoms with Crippen molar-refractivity contribution in [2.24, 2.45) is 0 Å². The summed E-state index contributed by atoms with van der Waals surface area (Å²) >= 11 is 0. The first-order valence-electron chi connectivity index (χ1n) is 11.2. The van der Waals surface area contributed by atoms with Gasteiger partial charge >= 0.3 is 0 Å². The van der Waals surface area contributed by atoms with Crippen LogP contribution in [-0.4, -0.2) is 62.5 Å². The molecule has 1 saturated heterocycles. The molecule has 2 N–H and O–H groups in total. The molecule has 1 saturated carbocycles. The van der Waals surface area contributed by atoms with Gasteiger partial charge in [0.25, 0.3) is 5.91 Å². The lowest BCUT2D eigenvalue weighted by molar-refractivity contribution is 0.0826. The number of aromatic nitrogens is 5. The number of nitrogens with zero attached hydrogens (tertiary/aromatic N) is 5. The number of anilines is 1. The van der Waals surface area contributed by atoms with Crippen molar-refractivity contribution in [3.05, 3.63) is 42.4 Å². The van der Waals surface area contributed by atoms with Crippen molar-refractivity contribution in [2.45, 2.75) is 37.5 Å². The molecule has 1 aliphatic carbocycles. The Labute approximate surface area is 189 Å². The van der Waals surface area contributed by atoms with Crippen LogP contribution in [0.1, 0.15) is 35.7 Å². The van der Waals surface area contributed by atoms with Crippen LogP contribution in [0.5, 0.6) is 0 Å². The number of halogens is 1. The Morgan fingerprint density at radius 2 is 2.18 bits per heavy atom. The van der Waals surface area contributed by atoms with E-state index in [-0.39, 0.29) is 11.9 Å². The molecule has 1 aliphatic heterocycles. The molecule has 5 heterocycles. The average Bonchev–Trinajstić information content (AvgIpc) is 3.58. The van der Waals surface area contributed by atoms with Crippen LogP contribution in [0.4, 0.5) is 10.2 Å². The molecule has 3 atom stereocenters. The van der Waals surface area contributed by atoms with Crippen LogP contribution in [0, 0.1) is 0 Å². The second kappa shape index (κ2) is 7.80. The van der Waals surface area contributed by atoms with Crippen LogP contribution in [0.15, 0.2) is 36.8 Å². The van der Waals surface area contributed by atoms with Gasteiger partial charge in [0.1, 0.15) is 23.2 Å². The number of ether oxygens (including phenoxy) is 1. The van der Waals surface area contributed by atoms with E-state index in [1.807, 2.05) is 18.2 Å².